The Morgan fingerprint density at radius 3 is 2.72 bits per heavy atom. The first kappa shape index (κ1) is 16.6. The molecular weight excluding hydrogens is 318 g/mol. The van der Waals surface area contributed by atoms with Crippen molar-refractivity contribution in [2.24, 2.45) is 0 Å². The number of hydrogen-bond donors (Lipinski definition) is 1. The average molecular weight is 337 g/mol. The smallest absolute Gasteiger partial charge is 0.251 e. The van der Waals surface area contributed by atoms with Gasteiger partial charge in [-0.15, -0.1) is 5.10 Å². The minimum Gasteiger partial charge on any atom is -0.494 e. The third kappa shape index (κ3) is 4.00. The number of nitrogens with zero attached hydrogens (tertiary/aromatic N) is 4. The molecule has 0 fully saturated rings. The van der Waals surface area contributed by atoms with Crippen molar-refractivity contribution < 1.29 is 9.53 Å². The maximum Gasteiger partial charge on any atom is 0.251 e. The van der Waals surface area contributed by atoms with E-state index in [4.69, 9.17) is 4.74 Å². The fourth-order valence-electron chi connectivity index (χ4n) is 2.47. The highest BCUT2D eigenvalue weighted by molar-refractivity contribution is 5.94. The van der Waals surface area contributed by atoms with Crippen LogP contribution in [0.4, 0.5) is 0 Å². The Hall–Kier alpha value is -3.22. The summed E-state index contributed by atoms with van der Waals surface area (Å²) in [6.45, 7) is 2.95. The molecule has 1 aromatic carbocycles. The zero-order valence-electron chi connectivity index (χ0n) is 14.1. The summed E-state index contributed by atoms with van der Waals surface area (Å²) in [7, 11) is 1.61. The third-order valence-corrected chi connectivity index (χ3v) is 3.74. The molecule has 0 aliphatic rings. The molecule has 0 saturated carbocycles. The van der Waals surface area contributed by atoms with E-state index in [0.29, 0.717) is 24.4 Å². The highest BCUT2D eigenvalue weighted by atomic mass is 16.5. The van der Waals surface area contributed by atoms with E-state index < -0.39 is 0 Å². The van der Waals surface area contributed by atoms with Crippen LogP contribution in [-0.2, 0) is 6.54 Å². The Balaban J connectivity index is 1.62. The van der Waals surface area contributed by atoms with Crippen LogP contribution in [-0.4, -0.2) is 39.5 Å². The average Bonchev–Trinajstić information content (AvgIpc) is 3.07. The minimum absolute atomic E-state index is 0.120. The maximum absolute atomic E-state index is 12.2. The number of nitrogens with one attached hydrogen (secondary N) is 1. The zero-order valence-corrected chi connectivity index (χ0v) is 14.1. The van der Waals surface area contributed by atoms with Crippen molar-refractivity contribution in [2.45, 2.75) is 13.5 Å². The van der Waals surface area contributed by atoms with Crippen molar-refractivity contribution in [2.75, 3.05) is 13.7 Å². The van der Waals surface area contributed by atoms with E-state index in [1.165, 1.54) is 0 Å². The Morgan fingerprint density at radius 2 is 2.04 bits per heavy atom. The van der Waals surface area contributed by atoms with Crippen LogP contribution in [0, 0.1) is 6.92 Å². The number of benzene rings is 1. The molecular formula is C18H19N5O2. The van der Waals surface area contributed by atoms with Gasteiger partial charge in [0.1, 0.15) is 5.75 Å². The van der Waals surface area contributed by atoms with Crippen LogP contribution in [0.2, 0.25) is 0 Å². The SMILES string of the molecule is COc1cnccc1-c1ccc(C(=O)NCCn2cc(C)nn2)cc1. The molecule has 25 heavy (non-hydrogen) atoms. The van der Waals surface area contributed by atoms with Crippen LogP contribution in [0.15, 0.2) is 48.9 Å². The van der Waals surface area contributed by atoms with Gasteiger partial charge in [0.25, 0.3) is 5.91 Å². The summed E-state index contributed by atoms with van der Waals surface area (Å²) in [5.74, 6) is 0.577. The van der Waals surface area contributed by atoms with E-state index in [0.717, 1.165) is 16.8 Å². The minimum atomic E-state index is -0.120. The summed E-state index contributed by atoms with van der Waals surface area (Å²) in [5.41, 5.74) is 3.36. The van der Waals surface area contributed by atoms with E-state index in [2.05, 4.69) is 20.6 Å². The topological polar surface area (TPSA) is 81.9 Å². The molecule has 0 unspecified atom stereocenters. The second kappa shape index (κ2) is 7.57. The van der Waals surface area contributed by atoms with Gasteiger partial charge in [0.05, 0.1) is 25.5 Å². The molecule has 1 N–H and O–H groups in total. The number of aromatic nitrogens is 4. The van der Waals surface area contributed by atoms with Crippen molar-refractivity contribution in [1.82, 2.24) is 25.3 Å². The van der Waals surface area contributed by atoms with Gasteiger partial charge in [0.15, 0.2) is 0 Å². The number of pyridine rings is 1. The van der Waals surface area contributed by atoms with Crippen molar-refractivity contribution in [1.29, 1.82) is 0 Å². The van der Waals surface area contributed by atoms with E-state index >= 15 is 0 Å². The number of carbonyl (C=O) groups is 1. The lowest BCUT2D eigenvalue weighted by atomic mass is 10.0. The first-order valence-corrected chi connectivity index (χ1v) is 7.91. The lowest BCUT2D eigenvalue weighted by Crippen LogP contribution is -2.27. The van der Waals surface area contributed by atoms with Gasteiger partial charge < -0.3 is 10.1 Å². The molecule has 0 radical (unpaired) electrons. The zero-order chi connectivity index (χ0) is 17.6. The van der Waals surface area contributed by atoms with Gasteiger partial charge >= 0.3 is 0 Å². The summed E-state index contributed by atoms with van der Waals surface area (Å²) in [6.07, 6.45) is 5.22. The molecule has 1 amide bonds. The molecule has 2 aromatic heterocycles. The molecule has 7 heteroatoms. The molecule has 2 heterocycles. The van der Waals surface area contributed by atoms with Crippen LogP contribution in [0.25, 0.3) is 11.1 Å². The summed E-state index contributed by atoms with van der Waals surface area (Å²) in [5, 5.41) is 10.7. The van der Waals surface area contributed by atoms with E-state index in [-0.39, 0.29) is 5.91 Å². The van der Waals surface area contributed by atoms with Crippen LogP contribution in [0.5, 0.6) is 5.75 Å². The summed E-state index contributed by atoms with van der Waals surface area (Å²) in [6, 6.07) is 9.27. The van der Waals surface area contributed by atoms with Gasteiger partial charge in [-0.25, -0.2) is 0 Å². The molecule has 3 rings (SSSR count). The van der Waals surface area contributed by atoms with Crippen molar-refractivity contribution in [3.8, 4) is 16.9 Å². The standard InChI is InChI=1S/C18H19N5O2/c1-13-12-23(22-21-13)10-9-20-18(24)15-5-3-14(4-6-15)16-7-8-19-11-17(16)25-2/h3-8,11-12H,9-10H2,1-2H3,(H,20,24). The van der Waals surface area contributed by atoms with Crippen LogP contribution in [0.3, 0.4) is 0 Å². The van der Waals surface area contributed by atoms with Crippen LogP contribution >= 0.6 is 0 Å². The van der Waals surface area contributed by atoms with Gasteiger partial charge in [0, 0.05) is 30.1 Å². The predicted octanol–water partition coefficient (Wildman–Crippen LogP) is 2.09. The number of rotatable bonds is 6. The number of carbonyl (C=O) groups excluding carboxylic acids is 1. The maximum atomic E-state index is 12.2. The Kier molecular flexibility index (Phi) is 5.03. The monoisotopic (exact) mass is 337 g/mol. The highest BCUT2D eigenvalue weighted by Gasteiger charge is 2.08. The quantitative estimate of drug-likeness (QED) is 0.745. The second-order valence-electron chi connectivity index (χ2n) is 5.53. The molecule has 0 aliphatic carbocycles. The summed E-state index contributed by atoms with van der Waals surface area (Å²) < 4.78 is 7.02. The first-order chi connectivity index (χ1) is 12.2. The highest BCUT2D eigenvalue weighted by Crippen LogP contribution is 2.28. The Labute approximate surface area is 145 Å². The molecule has 0 spiro atoms. The molecule has 0 bridgehead atoms. The van der Waals surface area contributed by atoms with E-state index in [1.54, 1.807) is 36.3 Å². The molecule has 0 atom stereocenters. The molecule has 0 saturated heterocycles. The third-order valence-electron chi connectivity index (χ3n) is 3.74. The van der Waals surface area contributed by atoms with Gasteiger partial charge in [-0.2, -0.15) is 0 Å². The first-order valence-electron chi connectivity index (χ1n) is 7.91. The fraction of sp³-hybridized carbons (Fsp3) is 0.222. The number of ether oxygens (including phenoxy) is 1. The Bertz CT molecular complexity index is 858. The lowest BCUT2D eigenvalue weighted by Gasteiger charge is -2.09. The summed E-state index contributed by atoms with van der Waals surface area (Å²) >= 11 is 0. The van der Waals surface area contributed by atoms with E-state index in [9.17, 15) is 4.79 Å². The Morgan fingerprint density at radius 1 is 1.24 bits per heavy atom. The number of methoxy groups -OCH3 is 1. The molecule has 0 aliphatic heterocycles. The van der Waals surface area contributed by atoms with Gasteiger partial charge in [-0.3, -0.25) is 14.5 Å². The van der Waals surface area contributed by atoms with Crippen molar-refractivity contribution in [3.05, 3.63) is 60.2 Å². The normalized spacial score (nSPS) is 10.5. The molecule has 3 aromatic rings. The van der Waals surface area contributed by atoms with Crippen LogP contribution in [0.1, 0.15) is 16.1 Å². The van der Waals surface area contributed by atoms with Crippen LogP contribution < -0.4 is 10.1 Å². The second-order valence-corrected chi connectivity index (χ2v) is 5.53. The molecule has 7 nitrogen and oxygen atoms in total. The summed E-state index contributed by atoms with van der Waals surface area (Å²) in [4.78, 5) is 16.3. The lowest BCUT2D eigenvalue weighted by molar-refractivity contribution is 0.0952. The molecule has 128 valence electrons. The van der Waals surface area contributed by atoms with Crippen molar-refractivity contribution >= 4 is 5.91 Å². The number of amides is 1. The predicted molar refractivity (Wildman–Crippen MR) is 93.3 cm³/mol. The number of hydrogen-bond acceptors (Lipinski definition) is 5. The van der Waals surface area contributed by atoms with Gasteiger partial charge in [-0.1, -0.05) is 17.3 Å². The largest absolute Gasteiger partial charge is 0.494 e. The van der Waals surface area contributed by atoms with E-state index in [1.807, 2.05) is 31.3 Å². The van der Waals surface area contributed by atoms with Gasteiger partial charge in [0.2, 0.25) is 0 Å². The van der Waals surface area contributed by atoms with Crippen molar-refractivity contribution in [3.63, 3.8) is 0 Å². The van der Waals surface area contributed by atoms with Gasteiger partial charge in [-0.05, 0) is 30.7 Å². The fourth-order valence-corrected chi connectivity index (χ4v) is 2.47. The number of aryl methyl sites for hydroxylation is 1.